The molecule has 0 aliphatic heterocycles. The maximum absolute atomic E-state index is 13.7. The summed E-state index contributed by atoms with van der Waals surface area (Å²) in [6, 6.07) is 0. The van der Waals surface area contributed by atoms with Gasteiger partial charge >= 0.3 is 23.9 Å². The van der Waals surface area contributed by atoms with Crippen LogP contribution in [0.15, 0.2) is 0 Å². The number of unbranched alkanes of at least 4 members (excludes halogenated alkanes) is 5. The van der Waals surface area contributed by atoms with E-state index in [4.69, 9.17) is 0 Å². The molecule has 0 amide bonds. The Morgan fingerprint density at radius 2 is 1.11 bits per heavy atom. The van der Waals surface area contributed by atoms with Crippen molar-refractivity contribution in [1.82, 2.24) is 0 Å². The summed E-state index contributed by atoms with van der Waals surface area (Å²) in [6.07, 6.45) is -3.75. The van der Waals surface area contributed by atoms with Gasteiger partial charge in [-0.25, -0.2) is 0 Å². The van der Waals surface area contributed by atoms with E-state index in [0.717, 1.165) is 32.1 Å². The van der Waals surface area contributed by atoms with E-state index in [-0.39, 0.29) is 6.42 Å². The Kier molecular flexibility index (Phi) is 11.2. The molecule has 0 spiro atoms. The Balaban J connectivity index is 5.03. The van der Waals surface area contributed by atoms with Crippen LogP contribution in [-0.4, -0.2) is 26.1 Å². The summed E-state index contributed by atoms with van der Waals surface area (Å²) in [7, 11) is 0. The van der Waals surface area contributed by atoms with E-state index in [1.807, 2.05) is 6.92 Å². The fourth-order valence-electron chi connectivity index (χ4n) is 2.56. The van der Waals surface area contributed by atoms with Crippen LogP contribution in [0.3, 0.4) is 0 Å². The summed E-state index contributed by atoms with van der Waals surface area (Å²) in [5.74, 6) is -19.7. The normalized spacial score (nSPS) is 15.8. The average Bonchev–Trinajstić information content (AvgIpc) is 2.50. The molecule has 0 aliphatic rings. The van der Waals surface area contributed by atoms with Crippen LogP contribution in [0, 0.1) is 5.92 Å². The van der Waals surface area contributed by atoms with Crippen LogP contribution < -0.4 is 0 Å². The van der Waals surface area contributed by atoms with E-state index in [1.165, 1.54) is 0 Å². The first-order valence-corrected chi connectivity index (χ1v) is 11.1. The summed E-state index contributed by atoms with van der Waals surface area (Å²) in [6.45, 7) is 2.03. The Labute approximate surface area is 183 Å². The molecule has 0 aromatic heterocycles. The first-order valence-electron chi connectivity index (χ1n) is 8.68. The summed E-state index contributed by atoms with van der Waals surface area (Å²) < 4.78 is 115. The van der Waals surface area contributed by atoms with Gasteiger partial charge in [0.2, 0.25) is 0 Å². The number of alkyl halides is 12. The zero-order valence-electron chi connectivity index (χ0n) is 15.0. The van der Waals surface area contributed by atoms with E-state index >= 15 is 0 Å². The van der Waals surface area contributed by atoms with E-state index in [1.54, 1.807) is 0 Å². The van der Waals surface area contributed by atoms with Crippen molar-refractivity contribution in [2.24, 2.45) is 5.92 Å². The topological polar surface area (TPSA) is 0 Å². The van der Waals surface area contributed by atoms with Gasteiger partial charge in [-0.3, -0.25) is 0 Å². The maximum atomic E-state index is 13.7. The molecule has 1 unspecified atom stereocenters. The van der Waals surface area contributed by atoms with Crippen molar-refractivity contribution in [3.63, 3.8) is 0 Å². The molecule has 0 nitrogen and oxygen atoms in total. The number of rotatable bonds is 12. The second-order valence-electron chi connectivity index (χ2n) is 6.68. The number of halogens is 12. The van der Waals surface area contributed by atoms with Crippen LogP contribution in [0.4, 0.5) is 39.5 Å². The molecule has 12 heteroatoms. The predicted molar refractivity (Wildman–Crippen MR) is 101 cm³/mol. The monoisotopic (exact) mass is 622 g/mol. The minimum Gasteiger partial charge on any atom is -0.200 e. The van der Waals surface area contributed by atoms with Crippen molar-refractivity contribution in [2.45, 2.75) is 90.8 Å². The highest BCUT2D eigenvalue weighted by atomic mass is 80.0. The van der Waals surface area contributed by atoms with Gasteiger partial charge in [-0.05, 0) is 18.8 Å². The van der Waals surface area contributed by atoms with Crippen LogP contribution in [0.5, 0.6) is 0 Å². The molecule has 0 N–H and O–H groups in total. The van der Waals surface area contributed by atoms with Crippen LogP contribution in [0.25, 0.3) is 0 Å². The molecule has 0 radical (unpaired) electrons. The Morgan fingerprint density at radius 1 is 0.643 bits per heavy atom. The van der Waals surface area contributed by atoms with Gasteiger partial charge in [0.05, 0.1) is 0 Å². The third-order valence-corrected chi connectivity index (χ3v) is 6.33. The number of hydrogen-bond donors (Lipinski definition) is 0. The minimum absolute atomic E-state index is 0.283. The smallest absolute Gasteiger partial charge is 0.200 e. The predicted octanol–water partition coefficient (Wildman–Crippen LogP) is 9.44. The third-order valence-electron chi connectivity index (χ3n) is 4.39. The lowest BCUT2D eigenvalue weighted by molar-refractivity contribution is -0.397. The molecular formula is C16H22Br3F9. The van der Waals surface area contributed by atoms with Gasteiger partial charge in [-0.15, -0.1) is 0 Å². The Morgan fingerprint density at radius 3 is 1.54 bits per heavy atom. The van der Waals surface area contributed by atoms with Crippen LogP contribution >= 0.6 is 47.8 Å². The van der Waals surface area contributed by atoms with Gasteiger partial charge in [-0.2, -0.15) is 39.5 Å². The summed E-state index contributed by atoms with van der Waals surface area (Å²) >= 11 is 9.30. The summed E-state index contributed by atoms with van der Waals surface area (Å²) in [4.78, 5) is 0. The van der Waals surface area contributed by atoms with E-state index < -0.39 is 44.8 Å². The largest absolute Gasteiger partial charge is 0.460 e. The lowest BCUT2D eigenvalue weighted by Crippen LogP contribution is -2.60. The molecule has 0 saturated heterocycles. The average molecular weight is 625 g/mol. The standard InChI is InChI=1S/C16H22Br3F9/c1-2-3-4-5-6-7-8-11(13(17,18)19)9-10-12(20,21)14(22,23)15(24,25)16(26,27)28/h11H,2-10H2,1H3. The van der Waals surface area contributed by atoms with Crippen molar-refractivity contribution >= 4 is 47.8 Å². The van der Waals surface area contributed by atoms with Gasteiger partial charge in [0, 0.05) is 6.42 Å². The molecule has 0 heterocycles. The van der Waals surface area contributed by atoms with Gasteiger partial charge < -0.3 is 0 Å². The first-order chi connectivity index (χ1) is 12.4. The summed E-state index contributed by atoms with van der Waals surface area (Å²) in [5, 5.41) is 0. The first kappa shape index (κ1) is 28.8. The van der Waals surface area contributed by atoms with Crippen molar-refractivity contribution < 1.29 is 39.5 Å². The molecule has 0 aromatic carbocycles. The van der Waals surface area contributed by atoms with Gasteiger partial charge in [0.25, 0.3) is 0 Å². The SMILES string of the molecule is CCCCCCCCC(CCC(F)(F)C(F)(F)C(F)(F)C(F)(F)F)C(Br)(Br)Br. The van der Waals surface area contributed by atoms with Crippen molar-refractivity contribution in [2.75, 3.05) is 0 Å². The molecule has 0 bridgehead atoms. The molecular weight excluding hydrogens is 603 g/mol. The molecule has 0 rings (SSSR count). The molecule has 28 heavy (non-hydrogen) atoms. The molecule has 0 saturated carbocycles. The Hall–Kier alpha value is 0.810. The van der Waals surface area contributed by atoms with E-state index in [2.05, 4.69) is 47.8 Å². The molecule has 0 fully saturated rings. The highest BCUT2D eigenvalue weighted by Gasteiger charge is 2.81. The second-order valence-corrected chi connectivity index (χ2v) is 13.6. The van der Waals surface area contributed by atoms with Crippen LogP contribution in [0.2, 0.25) is 0 Å². The van der Waals surface area contributed by atoms with Gasteiger partial charge in [-0.1, -0.05) is 93.2 Å². The number of hydrogen-bond acceptors (Lipinski definition) is 0. The molecule has 0 aliphatic carbocycles. The van der Waals surface area contributed by atoms with E-state index in [0.29, 0.717) is 6.42 Å². The fraction of sp³-hybridized carbons (Fsp3) is 1.00. The highest BCUT2D eigenvalue weighted by Crippen LogP contribution is 2.55. The Bertz CT molecular complexity index is 459. The van der Waals surface area contributed by atoms with Gasteiger partial charge in [0.15, 0.2) is 0 Å². The quantitative estimate of drug-likeness (QED) is 0.115. The van der Waals surface area contributed by atoms with Crippen molar-refractivity contribution in [3.8, 4) is 0 Å². The second kappa shape index (κ2) is 10.9. The lowest BCUT2D eigenvalue weighted by Gasteiger charge is -2.35. The molecule has 0 aromatic rings. The van der Waals surface area contributed by atoms with Crippen LogP contribution in [0.1, 0.15) is 64.7 Å². The fourth-order valence-corrected chi connectivity index (χ4v) is 3.94. The zero-order chi connectivity index (χ0) is 22.4. The lowest BCUT2D eigenvalue weighted by atomic mass is 9.92. The summed E-state index contributed by atoms with van der Waals surface area (Å²) in [5.41, 5.74) is 0. The highest BCUT2D eigenvalue weighted by molar-refractivity contribution is 9.39. The maximum Gasteiger partial charge on any atom is 0.460 e. The minimum atomic E-state index is -6.84. The van der Waals surface area contributed by atoms with Crippen LogP contribution in [-0.2, 0) is 0 Å². The zero-order valence-corrected chi connectivity index (χ0v) is 19.7. The molecule has 170 valence electrons. The third kappa shape index (κ3) is 7.81. The molecule has 1 atom stereocenters. The van der Waals surface area contributed by atoms with E-state index in [9.17, 15) is 39.5 Å². The van der Waals surface area contributed by atoms with Gasteiger partial charge in [0.1, 0.15) is 2.14 Å². The van der Waals surface area contributed by atoms with Crippen molar-refractivity contribution in [1.29, 1.82) is 0 Å². The van der Waals surface area contributed by atoms with Crippen molar-refractivity contribution in [3.05, 3.63) is 0 Å².